The first-order valence-corrected chi connectivity index (χ1v) is 11.2. The number of amides is 2. The molecule has 166 valence electrons. The summed E-state index contributed by atoms with van der Waals surface area (Å²) < 4.78 is 65.7. The number of piperazine rings is 1. The molecule has 2 amide bonds. The number of benzene rings is 1. The summed E-state index contributed by atoms with van der Waals surface area (Å²) >= 11 is 5.56. The minimum atomic E-state index is -4.77. The number of hydrogen-bond donors (Lipinski definition) is 0. The van der Waals surface area contributed by atoms with Crippen molar-refractivity contribution >= 4 is 33.4 Å². The van der Waals surface area contributed by atoms with Crippen molar-refractivity contribution in [3.8, 4) is 0 Å². The lowest BCUT2D eigenvalue weighted by atomic mass is 10.2. The van der Waals surface area contributed by atoms with Gasteiger partial charge in [0.2, 0.25) is 21.8 Å². The van der Waals surface area contributed by atoms with Crippen LogP contribution in [0.4, 0.5) is 13.2 Å². The third-order valence-electron chi connectivity index (χ3n) is 5.24. The number of carbonyl (C=O) groups is 2. The Kier molecular flexibility index (Phi) is 6.63. The molecule has 3 rings (SSSR count). The summed E-state index contributed by atoms with van der Waals surface area (Å²) in [6.07, 6.45) is -3.34. The highest BCUT2D eigenvalue weighted by Crippen LogP contribution is 2.36. The van der Waals surface area contributed by atoms with Gasteiger partial charge in [-0.25, -0.2) is 8.42 Å². The highest BCUT2D eigenvalue weighted by Gasteiger charge is 2.36. The van der Waals surface area contributed by atoms with Gasteiger partial charge in [0.25, 0.3) is 0 Å². The summed E-state index contributed by atoms with van der Waals surface area (Å²) in [6.45, 7) is 1.18. The Bertz CT molecular complexity index is 931. The van der Waals surface area contributed by atoms with E-state index in [2.05, 4.69) is 0 Å². The fourth-order valence-electron chi connectivity index (χ4n) is 3.54. The molecule has 2 fully saturated rings. The average molecular weight is 468 g/mol. The first-order valence-electron chi connectivity index (χ1n) is 9.42. The van der Waals surface area contributed by atoms with E-state index in [0.717, 1.165) is 22.9 Å². The minimum Gasteiger partial charge on any atom is -0.342 e. The molecule has 0 atom stereocenters. The number of likely N-dealkylation sites (tertiary alicyclic amines) is 1. The molecule has 2 heterocycles. The van der Waals surface area contributed by atoms with E-state index in [9.17, 15) is 31.2 Å². The Morgan fingerprint density at radius 3 is 2.33 bits per heavy atom. The molecule has 2 saturated heterocycles. The molecule has 0 aromatic heterocycles. The van der Waals surface area contributed by atoms with Gasteiger partial charge >= 0.3 is 6.18 Å². The van der Waals surface area contributed by atoms with Crippen LogP contribution in [0.3, 0.4) is 0 Å². The first kappa shape index (κ1) is 22.8. The van der Waals surface area contributed by atoms with E-state index in [1.54, 1.807) is 4.90 Å². The van der Waals surface area contributed by atoms with Crippen LogP contribution in [0.5, 0.6) is 0 Å². The van der Waals surface area contributed by atoms with E-state index in [0.29, 0.717) is 25.6 Å². The van der Waals surface area contributed by atoms with Crippen molar-refractivity contribution in [1.82, 2.24) is 14.1 Å². The molecule has 1 aromatic rings. The third kappa shape index (κ3) is 4.89. The van der Waals surface area contributed by atoms with E-state index >= 15 is 0 Å². The summed E-state index contributed by atoms with van der Waals surface area (Å²) in [5, 5.41) is -0.576. The zero-order valence-electron chi connectivity index (χ0n) is 16.0. The molecule has 2 aliphatic rings. The minimum absolute atomic E-state index is 0.0271. The maximum absolute atomic E-state index is 13.0. The lowest BCUT2D eigenvalue weighted by Gasteiger charge is -2.34. The molecule has 12 heteroatoms. The first-order chi connectivity index (χ1) is 14.0. The van der Waals surface area contributed by atoms with Crippen LogP contribution in [0, 0.1) is 0 Å². The largest absolute Gasteiger partial charge is 0.417 e. The molecule has 30 heavy (non-hydrogen) atoms. The normalized spacial score (nSPS) is 18.9. The summed E-state index contributed by atoms with van der Waals surface area (Å²) in [4.78, 5) is 26.6. The van der Waals surface area contributed by atoms with Crippen LogP contribution in [0.15, 0.2) is 23.1 Å². The second kappa shape index (κ2) is 8.72. The van der Waals surface area contributed by atoms with Crippen LogP contribution in [0.25, 0.3) is 0 Å². The smallest absolute Gasteiger partial charge is 0.342 e. The van der Waals surface area contributed by atoms with Crippen molar-refractivity contribution < 1.29 is 31.2 Å². The third-order valence-corrected chi connectivity index (χ3v) is 7.46. The van der Waals surface area contributed by atoms with Crippen molar-refractivity contribution in [2.45, 2.75) is 30.3 Å². The summed E-state index contributed by atoms with van der Waals surface area (Å²) in [5.41, 5.74) is -1.21. The van der Waals surface area contributed by atoms with Crippen molar-refractivity contribution in [1.29, 1.82) is 0 Å². The number of nitrogens with zero attached hydrogens (tertiary/aromatic N) is 3. The van der Waals surface area contributed by atoms with Gasteiger partial charge in [0.1, 0.15) is 0 Å². The van der Waals surface area contributed by atoms with Crippen LogP contribution in [-0.2, 0) is 25.8 Å². The van der Waals surface area contributed by atoms with E-state index < -0.39 is 31.7 Å². The average Bonchev–Trinajstić information content (AvgIpc) is 3.10. The van der Waals surface area contributed by atoms with Crippen molar-refractivity contribution in [2.75, 3.05) is 39.3 Å². The summed E-state index contributed by atoms with van der Waals surface area (Å²) in [5.74, 6) is -0.155. The van der Waals surface area contributed by atoms with Gasteiger partial charge in [0, 0.05) is 52.1 Å². The molecule has 0 unspecified atom stereocenters. The van der Waals surface area contributed by atoms with Crippen LogP contribution in [-0.4, -0.2) is 73.6 Å². The Labute approximate surface area is 177 Å². The summed E-state index contributed by atoms with van der Waals surface area (Å²) in [6, 6.07) is 2.48. The van der Waals surface area contributed by atoms with Gasteiger partial charge in [0.15, 0.2) is 0 Å². The zero-order chi connectivity index (χ0) is 22.1. The zero-order valence-corrected chi connectivity index (χ0v) is 17.6. The molecule has 0 spiro atoms. The molecular weight excluding hydrogens is 447 g/mol. The standard InChI is InChI=1S/C18H21ClF3N3O4S/c19-15-4-3-13(12-14(15)18(20,21)22)30(28,29)25-10-8-24(9-11-25)17(27)5-7-23-6-1-2-16(23)26/h3-4,12H,1-2,5-11H2. The molecule has 0 radical (unpaired) electrons. The predicted octanol–water partition coefficient (Wildman–Crippen LogP) is 2.20. The molecular formula is C18H21ClF3N3O4S. The van der Waals surface area contributed by atoms with Gasteiger partial charge in [-0.3, -0.25) is 9.59 Å². The fourth-order valence-corrected chi connectivity index (χ4v) is 5.21. The highest BCUT2D eigenvalue weighted by molar-refractivity contribution is 7.89. The van der Waals surface area contributed by atoms with Crippen LogP contribution in [0.1, 0.15) is 24.8 Å². The van der Waals surface area contributed by atoms with E-state index in [4.69, 9.17) is 11.6 Å². The van der Waals surface area contributed by atoms with Gasteiger partial charge in [0.05, 0.1) is 15.5 Å². The Hall–Kier alpha value is -1.85. The Balaban J connectivity index is 1.61. The number of carbonyl (C=O) groups excluding carboxylic acids is 2. The lowest BCUT2D eigenvalue weighted by Crippen LogP contribution is -2.50. The maximum Gasteiger partial charge on any atom is 0.417 e. The van der Waals surface area contributed by atoms with E-state index in [1.165, 1.54) is 4.90 Å². The van der Waals surface area contributed by atoms with Crippen molar-refractivity contribution in [2.24, 2.45) is 0 Å². The van der Waals surface area contributed by atoms with E-state index in [-0.39, 0.29) is 44.4 Å². The maximum atomic E-state index is 13.0. The van der Waals surface area contributed by atoms with Gasteiger partial charge in [-0.1, -0.05) is 11.6 Å². The van der Waals surface area contributed by atoms with Crippen molar-refractivity contribution in [3.63, 3.8) is 0 Å². The summed E-state index contributed by atoms with van der Waals surface area (Å²) in [7, 11) is -4.16. The number of hydrogen-bond acceptors (Lipinski definition) is 4. The molecule has 0 aliphatic carbocycles. The molecule has 0 saturated carbocycles. The van der Waals surface area contributed by atoms with Gasteiger partial charge in [-0.05, 0) is 24.6 Å². The molecule has 0 bridgehead atoms. The van der Waals surface area contributed by atoms with Gasteiger partial charge < -0.3 is 9.80 Å². The molecule has 0 N–H and O–H groups in total. The predicted molar refractivity (Wildman–Crippen MR) is 102 cm³/mol. The van der Waals surface area contributed by atoms with Crippen LogP contribution >= 0.6 is 11.6 Å². The van der Waals surface area contributed by atoms with Crippen molar-refractivity contribution in [3.05, 3.63) is 28.8 Å². The molecule has 1 aromatic carbocycles. The lowest BCUT2D eigenvalue weighted by molar-refractivity contribution is -0.138. The fraction of sp³-hybridized carbons (Fsp3) is 0.556. The molecule has 7 nitrogen and oxygen atoms in total. The SMILES string of the molecule is O=C1CCCN1CCC(=O)N1CCN(S(=O)(=O)c2ccc(Cl)c(C(F)(F)F)c2)CC1. The number of alkyl halides is 3. The number of rotatable bonds is 5. The quantitative estimate of drug-likeness (QED) is 0.665. The molecule has 2 aliphatic heterocycles. The van der Waals surface area contributed by atoms with Crippen LogP contribution in [0.2, 0.25) is 5.02 Å². The number of halogens is 4. The topological polar surface area (TPSA) is 78.0 Å². The Morgan fingerprint density at radius 2 is 1.77 bits per heavy atom. The highest BCUT2D eigenvalue weighted by atomic mass is 35.5. The number of sulfonamides is 1. The van der Waals surface area contributed by atoms with Gasteiger partial charge in [-0.2, -0.15) is 17.5 Å². The Morgan fingerprint density at radius 1 is 1.10 bits per heavy atom. The second-order valence-corrected chi connectivity index (χ2v) is 9.50. The van der Waals surface area contributed by atoms with Crippen LogP contribution < -0.4 is 0 Å². The van der Waals surface area contributed by atoms with E-state index in [1.807, 2.05) is 0 Å². The second-order valence-electron chi connectivity index (χ2n) is 7.16. The van der Waals surface area contributed by atoms with Gasteiger partial charge in [-0.15, -0.1) is 0 Å². The monoisotopic (exact) mass is 467 g/mol.